The van der Waals surface area contributed by atoms with Crippen LogP contribution in [0.2, 0.25) is 0 Å². The zero-order chi connectivity index (χ0) is 18.9. The molecule has 25 heavy (non-hydrogen) atoms. The minimum absolute atomic E-state index is 0.151. The van der Waals surface area contributed by atoms with Crippen molar-refractivity contribution in [2.75, 3.05) is 19.8 Å². The fraction of sp³-hybridized carbons (Fsp3) is 0.400. The van der Waals surface area contributed by atoms with Gasteiger partial charge in [0.25, 0.3) is 5.91 Å². The zero-order valence-corrected chi connectivity index (χ0v) is 13.3. The monoisotopic (exact) mass is 362 g/mol. The molecule has 0 aliphatic carbocycles. The Bertz CT molecular complexity index is 602. The fourth-order valence-corrected chi connectivity index (χ4v) is 1.51. The largest absolute Gasteiger partial charge is 0.494 e. The number of imide groups is 1. The maximum Gasteiger partial charge on any atom is 0.405 e. The highest BCUT2D eigenvalue weighted by molar-refractivity contribution is 5.97. The van der Waals surface area contributed by atoms with E-state index in [0.717, 1.165) is 6.42 Å². The summed E-state index contributed by atoms with van der Waals surface area (Å²) < 4.78 is 45.7. The standard InChI is InChI=1S/C15H17F3N2O5/c1-2-7-24-11-5-3-10(4-6-11)13(22)25-8-12(21)20-14(23)19-9-15(16,17)18/h3-6H,2,7-9H2,1H3,(H2,19,20,21,23). The van der Waals surface area contributed by atoms with Gasteiger partial charge in [-0.15, -0.1) is 0 Å². The zero-order valence-electron chi connectivity index (χ0n) is 13.3. The number of ether oxygens (including phenoxy) is 2. The second-order valence-electron chi connectivity index (χ2n) is 4.80. The van der Waals surface area contributed by atoms with Crippen molar-refractivity contribution >= 4 is 17.9 Å². The van der Waals surface area contributed by atoms with E-state index in [9.17, 15) is 27.6 Å². The van der Waals surface area contributed by atoms with Crippen LogP contribution < -0.4 is 15.4 Å². The number of carbonyl (C=O) groups excluding carboxylic acids is 3. The highest BCUT2D eigenvalue weighted by atomic mass is 19.4. The molecule has 138 valence electrons. The third-order valence-electron chi connectivity index (χ3n) is 2.60. The Morgan fingerprint density at radius 1 is 1.12 bits per heavy atom. The normalized spacial score (nSPS) is 10.7. The number of carbonyl (C=O) groups is 3. The van der Waals surface area contributed by atoms with E-state index in [2.05, 4.69) is 4.74 Å². The molecule has 0 aromatic heterocycles. The second kappa shape index (κ2) is 9.50. The summed E-state index contributed by atoms with van der Waals surface area (Å²) in [6, 6.07) is 4.63. The molecule has 2 N–H and O–H groups in total. The van der Waals surface area contributed by atoms with Gasteiger partial charge in [-0.1, -0.05) is 6.92 Å². The van der Waals surface area contributed by atoms with Crippen LogP contribution in [0, 0.1) is 0 Å². The predicted octanol–water partition coefficient (Wildman–Crippen LogP) is 2.02. The molecule has 0 saturated heterocycles. The lowest BCUT2D eigenvalue weighted by Gasteiger charge is -2.09. The number of nitrogens with one attached hydrogen (secondary N) is 2. The molecule has 0 atom stereocenters. The number of alkyl halides is 3. The van der Waals surface area contributed by atoms with Crippen LogP contribution in [0.4, 0.5) is 18.0 Å². The molecule has 0 radical (unpaired) electrons. The van der Waals surface area contributed by atoms with E-state index in [-0.39, 0.29) is 5.56 Å². The lowest BCUT2D eigenvalue weighted by Crippen LogP contribution is -2.44. The summed E-state index contributed by atoms with van der Waals surface area (Å²) in [4.78, 5) is 34.1. The molecule has 0 spiro atoms. The minimum atomic E-state index is -4.60. The van der Waals surface area contributed by atoms with Gasteiger partial charge in [0.1, 0.15) is 12.3 Å². The first kappa shape index (κ1) is 20.3. The van der Waals surface area contributed by atoms with E-state index in [1.54, 1.807) is 17.4 Å². The van der Waals surface area contributed by atoms with Crippen LogP contribution in [0.5, 0.6) is 5.75 Å². The van der Waals surface area contributed by atoms with Gasteiger partial charge >= 0.3 is 18.2 Å². The van der Waals surface area contributed by atoms with Crippen molar-refractivity contribution in [3.05, 3.63) is 29.8 Å². The van der Waals surface area contributed by atoms with Crippen molar-refractivity contribution in [2.24, 2.45) is 0 Å². The molecule has 0 aliphatic rings. The summed E-state index contributed by atoms with van der Waals surface area (Å²) in [5.74, 6) is -1.32. The van der Waals surface area contributed by atoms with Crippen LogP contribution in [0.15, 0.2) is 24.3 Å². The summed E-state index contributed by atoms with van der Waals surface area (Å²) >= 11 is 0. The Labute approximate surface area is 141 Å². The molecule has 3 amide bonds. The van der Waals surface area contributed by atoms with Gasteiger partial charge in [-0.3, -0.25) is 10.1 Å². The molecule has 0 saturated carbocycles. The molecule has 0 heterocycles. The van der Waals surface area contributed by atoms with Crippen LogP contribution in [0.3, 0.4) is 0 Å². The smallest absolute Gasteiger partial charge is 0.405 e. The van der Waals surface area contributed by atoms with E-state index in [0.29, 0.717) is 12.4 Å². The Morgan fingerprint density at radius 3 is 2.32 bits per heavy atom. The first-order valence-corrected chi connectivity index (χ1v) is 7.25. The molecule has 1 aromatic carbocycles. The third kappa shape index (κ3) is 8.58. The van der Waals surface area contributed by atoms with Gasteiger partial charge in [0, 0.05) is 0 Å². The van der Waals surface area contributed by atoms with Gasteiger partial charge in [0.15, 0.2) is 6.61 Å². The SMILES string of the molecule is CCCOc1ccc(C(=O)OCC(=O)NC(=O)NCC(F)(F)F)cc1. The second-order valence-corrected chi connectivity index (χ2v) is 4.80. The van der Waals surface area contributed by atoms with Gasteiger partial charge in [-0.05, 0) is 30.7 Å². The molecule has 0 bridgehead atoms. The first-order valence-electron chi connectivity index (χ1n) is 7.25. The molecule has 0 unspecified atom stereocenters. The van der Waals surface area contributed by atoms with Crippen molar-refractivity contribution < 1.29 is 37.0 Å². The van der Waals surface area contributed by atoms with Crippen molar-refractivity contribution in [3.8, 4) is 5.75 Å². The van der Waals surface area contributed by atoms with Gasteiger partial charge in [-0.25, -0.2) is 9.59 Å². The molecular formula is C15H17F3N2O5. The number of esters is 1. The van der Waals surface area contributed by atoms with Crippen molar-refractivity contribution in [2.45, 2.75) is 19.5 Å². The molecule has 1 aromatic rings. The van der Waals surface area contributed by atoms with Gasteiger partial charge < -0.3 is 14.8 Å². The Balaban J connectivity index is 2.37. The average molecular weight is 362 g/mol. The van der Waals surface area contributed by atoms with Crippen LogP contribution in [0.25, 0.3) is 0 Å². The molecular weight excluding hydrogens is 345 g/mol. The molecule has 10 heteroatoms. The summed E-state index contributed by atoms with van der Waals surface area (Å²) in [6.07, 6.45) is -3.77. The van der Waals surface area contributed by atoms with Crippen LogP contribution >= 0.6 is 0 Å². The van der Waals surface area contributed by atoms with E-state index < -0.39 is 37.2 Å². The number of hydrogen-bond donors (Lipinski definition) is 2. The summed E-state index contributed by atoms with van der Waals surface area (Å²) in [7, 11) is 0. The maximum atomic E-state index is 11.9. The lowest BCUT2D eigenvalue weighted by atomic mass is 10.2. The van der Waals surface area contributed by atoms with E-state index in [4.69, 9.17) is 4.74 Å². The topological polar surface area (TPSA) is 93.7 Å². The van der Waals surface area contributed by atoms with E-state index >= 15 is 0 Å². The lowest BCUT2D eigenvalue weighted by molar-refractivity contribution is -0.125. The molecule has 1 rings (SSSR count). The average Bonchev–Trinajstić information content (AvgIpc) is 2.56. The Kier molecular flexibility index (Phi) is 7.70. The number of halogens is 3. The first-order chi connectivity index (χ1) is 11.7. The Hall–Kier alpha value is -2.78. The maximum absolute atomic E-state index is 11.9. The van der Waals surface area contributed by atoms with Gasteiger partial charge in [-0.2, -0.15) is 13.2 Å². The van der Waals surface area contributed by atoms with Crippen molar-refractivity contribution in [1.82, 2.24) is 10.6 Å². The summed E-state index contributed by atoms with van der Waals surface area (Å²) in [5, 5.41) is 3.05. The summed E-state index contributed by atoms with van der Waals surface area (Å²) in [5.41, 5.74) is 0.151. The highest BCUT2D eigenvalue weighted by Gasteiger charge is 2.28. The molecule has 0 fully saturated rings. The third-order valence-corrected chi connectivity index (χ3v) is 2.60. The van der Waals surface area contributed by atoms with Gasteiger partial charge in [0.05, 0.1) is 12.2 Å². The van der Waals surface area contributed by atoms with Gasteiger partial charge in [0.2, 0.25) is 0 Å². The number of urea groups is 1. The number of benzene rings is 1. The molecule has 7 nitrogen and oxygen atoms in total. The van der Waals surface area contributed by atoms with E-state index in [1.807, 2.05) is 6.92 Å². The fourth-order valence-electron chi connectivity index (χ4n) is 1.51. The van der Waals surface area contributed by atoms with E-state index in [1.165, 1.54) is 17.4 Å². The van der Waals surface area contributed by atoms with Crippen LogP contribution in [0.1, 0.15) is 23.7 Å². The number of amides is 3. The quantitative estimate of drug-likeness (QED) is 0.724. The number of hydrogen-bond acceptors (Lipinski definition) is 5. The predicted molar refractivity (Wildman–Crippen MR) is 80.1 cm³/mol. The molecule has 0 aliphatic heterocycles. The summed E-state index contributed by atoms with van der Waals surface area (Å²) in [6.45, 7) is 0.0747. The Morgan fingerprint density at radius 2 is 1.76 bits per heavy atom. The van der Waals surface area contributed by atoms with Crippen molar-refractivity contribution in [1.29, 1.82) is 0 Å². The van der Waals surface area contributed by atoms with Crippen molar-refractivity contribution in [3.63, 3.8) is 0 Å². The highest BCUT2D eigenvalue weighted by Crippen LogP contribution is 2.13. The van der Waals surface area contributed by atoms with Crippen LogP contribution in [-0.2, 0) is 9.53 Å². The number of rotatable bonds is 7. The minimum Gasteiger partial charge on any atom is -0.494 e. The van der Waals surface area contributed by atoms with Crippen LogP contribution in [-0.4, -0.2) is 43.8 Å².